The molecular formula is C19H13FN4O2S. The summed E-state index contributed by atoms with van der Waals surface area (Å²) >= 11 is 1.35. The van der Waals surface area contributed by atoms with Gasteiger partial charge >= 0.3 is 0 Å². The van der Waals surface area contributed by atoms with E-state index < -0.39 is 11.7 Å². The Morgan fingerprint density at radius 3 is 2.70 bits per heavy atom. The molecule has 3 aromatic rings. The molecule has 4 rings (SSSR count). The van der Waals surface area contributed by atoms with Crippen molar-refractivity contribution < 1.29 is 14.0 Å². The largest absolute Gasteiger partial charge is 0.348 e. The molecule has 134 valence electrons. The Morgan fingerprint density at radius 1 is 1.11 bits per heavy atom. The lowest BCUT2D eigenvalue weighted by Gasteiger charge is -2.09. The molecule has 2 aromatic carbocycles. The first-order chi connectivity index (χ1) is 13.1. The fourth-order valence-electron chi connectivity index (χ4n) is 2.64. The first-order valence-electron chi connectivity index (χ1n) is 8.05. The van der Waals surface area contributed by atoms with Gasteiger partial charge in [-0.3, -0.25) is 9.59 Å². The number of amides is 2. The summed E-state index contributed by atoms with van der Waals surface area (Å²) < 4.78 is 13.5. The van der Waals surface area contributed by atoms with Gasteiger partial charge in [-0.15, -0.1) is 0 Å². The summed E-state index contributed by atoms with van der Waals surface area (Å²) in [5, 5.41) is 5.53. The molecule has 8 heteroatoms. The van der Waals surface area contributed by atoms with Crippen molar-refractivity contribution in [1.29, 1.82) is 0 Å². The zero-order valence-electron chi connectivity index (χ0n) is 13.9. The van der Waals surface area contributed by atoms with Crippen LogP contribution in [0.5, 0.6) is 0 Å². The van der Waals surface area contributed by atoms with Gasteiger partial charge in [0, 0.05) is 39.9 Å². The van der Waals surface area contributed by atoms with Crippen molar-refractivity contribution in [3.63, 3.8) is 0 Å². The maximum absolute atomic E-state index is 13.5. The Bertz CT molecular complexity index is 1040. The van der Waals surface area contributed by atoms with E-state index in [1.165, 1.54) is 30.2 Å². The fraction of sp³-hybridized carbons (Fsp3) is 0.0526. The molecule has 2 N–H and O–H groups in total. The maximum atomic E-state index is 13.5. The van der Waals surface area contributed by atoms with E-state index in [9.17, 15) is 14.0 Å². The molecule has 0 radical (unpaired) electrons. The van der Waals surface area contributed by atoms with E-state index in [1.54, 1.807) is 36.7 Å². The van der Waals surface area contributed by atoms with Crippen LogP contribution >= 0.6 is 11.8 Å². The van der Waals surface area contributed by atoms with E-state index in [0.29, 0.717) is 22.7 Å². The molecule has 1 aromatic heterocycles. The van der Waals surface area contributed by atoms with Crippen molar-refractivity contribution in [2.24, 2.45) is 0 Å². The predicted molar refractivity (Wildman–Crippen MR) is 98.1 cm³/mol. The highest BCUT2D eigenvalue weighted by molar-refractivity contribution is 7.99. The molecule has 0 bridgehead atoms. The Labute approximate surface area is 158 Å². The molecule has 0 atom stereocenters. The standard InChI is InChI=1S/C19H13FN4O2S/c20-13-2-4-16-14(6-13)19(26)24-15-5-12(1-3-17(15)27-16)18(25)23-9-11-7-21-10-22-8-11/h1-8,10H,9H2,(H,23,25)(H,24,26). The van der Waals surface area contributed by atoms with E-state index in [0.717, 1.165) is 10.5 Å². The molecule has 2 amide bonds. The molecular weight excluding hydrogens is 367 g/mol. The fourth-order valence-corrected chi connectivity index (χ4v) is 3.63. The number of carbonyl (C=O) groups excluding carboxylic acids is 2. The van der Waals surface area contributed by atoms with Crippen LogP contribution < -0.4 is 10.6 Å². The monoisotopic (exact) mass is 380 g/mol. The van der Waals surface area contributed by atoms with Gasteiger partial charge in [0.05, 0.1) is 11.3 Å². The summed E-state index contributed by atoms with van der Waals surface area (Å²) in [6.45, 7) is 0.294. The SMILES string of the molecule is O=C(NCc1cncnc1)c1ccc2c(c1)NC(=O)c1cc(F)ccc1S2. The van der Waals surface area contributed by atoms with Gasteiger partial charge in [0.15, 0.2) is 0 Å². The van der Waals surface area contributed by atoms with E-state index in [2.05, 4.69) is 20.6 Å². The number of rotatable bonds is 3. The zero-order chi connectivity index (χ0) is 18.8. The third-order valence-electron chi connectivity index (χ3n) is 3.96. The van der Waals surface area contributed by atoms with E-state index in [1.807, 2.05) is 0 Å². The van der Waals surface area contributed by atoms with Crippen LogP contribution in [0.2, 0.25) is 0 Å². The summed E-state index contributed by atoms with van der Waals surface area (Å²) in [5.74, 6) is -1.16. The Kier molecular flexibility index (Phi) is 4.55. The van der Waals surface area contributed by atoms with Gasteiger partial charge in [-0.2, -0.15) is 0 Å². The summed E-state index contributed by atoms with van der Waals surface area (Å²) in [4.78, 5) is 34.1. The number of nitrogens with one attached hydrogen (secondary N) is 2. The highest BCUT2D eigenvalue weighted by Gasteiger charge is 2.21. The van der Waals surface area contributed by atoms with Gasteiger partial charge in [-0.1, -0.05) is 11.8 Å². The molecule has 0 saturated heterocycles. The second-order valence-corrected chi connectivity index (χ2v) is 6.92. The second-order valence-electron chi connectivity index (χ2n) is 5.84. The number of fused-ring (bicyclic) bond motifs is 2. The zero-order valence-corrected chi connectivity index (χ0v) is 14.7. The quantitative estimate of drug-likeness (QED) is 0.729. The highest BCUT2D eigenvalue weighted by atomic mass is 32.2. The van der Waals surface area contributed by atoms with Crippen molar-refractivity contribution in [2.75, 3.05) is 5.32 Å². The average Bonchev–Trinajstić information content (AvgIpc) is 2.82. The number of nitrogens with zero attached hydrogens (tertiary/aromatic N) is 2. The number of hydrogen-bond donors (Lipinski definition) is 2. The second kappa shape index (κ2) is 7.16. The van der Waals surface area contributed by atoms with Gasteiger partial charge in [0.25, 0.3) is 11.8 Å². The van der Waals surface area contributed by atoms with Gasteiger partial charge in [-0.25, -0.2) is 14.4 Å². The molecule has 0 fully saturated rings. The van der Waals surface area contributed by atoms with Crippen molar-refractivity contribution in [1.82, 2.24) is 15.3 Å². The van der Waals surface area contributed by atoms with Crippen molar-refractivity contribution in [2.45, 2.75) is 16.3 Å². The third kappa shape index (κ3) is 3.65. The van der Waals surface area contributed by atoms with Crippen molar-refractivity contribution >= 4 is 29.3 Å². The van der Waals surface area contributed by atoms with Gasteiger partial charge in [-0.05, 0) is 36.4 Å². The van der Waals surface area contributed by atoms with Crippen LogP contribution in [0.3, 0.4) is 0 Å². The van der Waals surface area contributed by atoms with Crippen molar-refractivity contribution in [3.05, 3.63) is 77.6 Å². The minimum absolute atomic E-state index is 0.270. The molecule has 1 aliphatic rings. The lowest BCUT2D eigenvalue weighted by Crippen LogP contribution is -2.23. The molecule has 0 unspecified atom stereocenters. The molecule has 0 spiro atoms. The lowest BCUT2D eigenvalue weighted by atomic mass is 10.1. The Balaban J connectivity index is 1.56. The van der Waals surface area contributed by atoms with Crippen molar-refractivity contribution in [3.8, 4) is 0 Å². The van der Waals surface area contributed by atoms with Crippen LogP contribution in [0.15, 0.2) is 64.9 Å². The predicted octanol–water partition coefficient (Wildman–Crippen LogP) is 3.26. The number of anilines is 1. The van der Waals surface area contributed by atoms with Crippen LogP contribution in [-0.4, -0.2) is 21.8 Å². The lowest BCUT2D eigenvalue weighted by molar-refractivity contribution is 0.0949. The average molecular weight is 380 g/mol. The summed E-state index contributed by atoms with van der Waals surface area (Å²) in [6, 6.07) is 9.16. The third-order valence-corrected chi connectivity index (χ3v) is 5.12. The molecule has 27 heavy (non-hydrogen) atoms. The molecule has 0 saturated carbocycles. The summed E-state index contributed by atoms with van der Waals surface area (Å²) in [6.07, 6.45) is 4.66. The number of carbonyl (C=O) groups is 2. The molecule has 6 nitrogen and oxygen atoms in total. The molecule has 2 heterocycles. The van der Waals surface area contributed by atoms with E-state index >= 15 is 0 Å². The number of aromatic nitrogens is 2. The van der Waals surface area contributed by atoms with Crippen LogP contribution in [0.25, 0.3) is 0 Å². The first-order valence-corrected chi connectivity index (χ1v) is 8.87. The topological polar surface area (TPSA) is 84.0 Å². The number of benzene rings is 2. The normalized spacial score (nSPS) is 12.4. The smallest absolute Gasteiger partial charge is 0.256 e. The van der Waals surface area contributed by atoms with Gasteiger partial charge in [0.1, 0.15) is 12.1 Å². The highest BCUT2D eigenvalue weighted by Crippen LogP contribution is 2.39. The minimum atomic E-state index is -0.472. The summed E-state index contributed by atoms with van der Waals surface area (Å²) in [7, 11) is 0. The van der Waals surface area contributed by atoms with Gasteiger partial charge in [0.2, 0.25) is 0 Å². The molecule has 1 aliphatic heterocycles. The Morgan fingerprint density at radius 2 is 1.89 bits per heavy atom. The maximum Gasteiger partial charge on any atom is 0.256 e. The van der Waals surface area contributed by atoms with Crippen LogP contribution in [0.1, 0.15) is 26.3 Å². The van der Waals surface area contributed by atoms with Gasteiger partial charge < -0.3 is 10.6 Å². The summed E-state index contributed by atoms with van der Waals surface area (Å²) in [5.41, 5.74) is 1.97. The van der Waals surface area contributed by atoms with Crippen LogP contribution in [0, 0.1) is 5.82 Å². The minimum Gasteiger partial charge on any atom is -0.348 e. The van der Waals surface area contributed by atoms with Crippen LogP contribution in [-0.2, 0) is 6.54 Å². The van der Waals surface area contributed by atoms with Crippen LogP contribution in [0.4, 0.5) is 10.1 Å². The Hall–Kier alpha value is -3.26. The first kappa shape index (κ1) is 17.2. The number of halogens is 1. The van der Waals surface area contributed by atoms with E-state index in [4.69, 9.17) is 0 Å². The number of hydrogen-bond acceptors (Lipinski definition) is 5. The molecule has 0 aliphatic carbocycles. The van der Waals surface area contributed by atoms with E-state index in [-0.39, 0.29) is 11.5 Å².